The number of amides is 1. The van der Waals surface area contributed by atoms with Crippen molar-refractivity contribution in [3.63, 3.8) is 0 Å². The minimum Gasteiger partial charge on any atom is -0.481 e. The lowest BCUT2D eigenvalue weighted by Crippen LogP contribution is -2.53. The lowest BCUT2D eigenvalue weighted by molar-refractivity contribution is -0.137. The zero-order chi connectivity index (χ0) is 22.6. The number of carboxylic acids is 1. The molecule has 10 heteroatoms. The molecule has 0 bridgehead atoms. The van der Waals surface area contributed by atoms with Crippen LogP contribution in [0.3, 0.4) is 0 Å². The smallest absolute Gasteiger partial charge is 0.303 e. The van der Waals surface area contributed by atoms with E-state index in [0.717, 1.165) is 12.1 Å². The normalized spacial score (nSPS) is 18.8. The van der Waals surface area contributed by atoms with Gasteiger partial charge in [0, 0.05) is 42.9 Å². The van der Waals surface area contributed by atoms with E-state index in [4.69, 9.17) is 0 Å². The Bertz CT molecular complexity index is 1340. The molecular weight excluding hydrogens is 422 g/mol. The second-order valence-corrected chi connectivity index (χ2v) is 7.76. The third kappa shape index (κ3) is 2.83. The molecule has 1 atom stereocenters. The van der Waals surface area contributed by atoms with Crippen molar-refractivity contribution in [1.29, 1.82) is 0 Å². The number of halogens is 2. The molecular formula is C22H16F2N4O4. The summed E-state index contributed by atoms with van der Waals surface area (Å²) in [4.78, 5) is 42.5. The first-order chi connectivity index (χ1) is 15.3. The van der Waals surface area contributed by atoms with Crippen LogP contribution in [-0.4, -0.2) is 31.7 Å². The second kappa shape index (κ2) is 7.04. The summed E-state index contributed by atoms with van der Waals surface area (Å²) in [5, 5.41) is 13.8. The number of carboxylic acid groups (broad SMARTS) is 1. The third-order valence-electron chi connectivity index (χ3n) is 5.92. The van der Waals surface area contributed by atoms with E-state index >= 15 is 0 Å². The molecule has 3 aromatic rings. The molecule has 162 valence electrons. The second-order valence-electron chi connectivity index (χ2n) is 7.76. The van der Waals surface area contributed by atoms with Crippen LogP contribution in [0.25, 0.3) is 22.6 Å². The Labute approximate surface area is 179 Å². The van der Waals surface area contributed by atoms with Gasteiger partial charge in [0.2, 0.25) is 5.91 Å². The molecule has 1 saturated heterocycles. The summed E-state index contributed by atoms with van der Waals surface area (Å²) in [5.41, 5.74) is -1.42. The molecule has 5 rings (SSSR count). The number of benzene rings is 2. The van der Waals surface area contributed by atoms with Crippen molar-refractivity contribution in [2.45, 2.75) is 31.3 Å². The number of carbonyl (C=O) groups excluding carboxylic acids is 1. The lowest BCUT2D eigenvalue weighted by atomic mass is 9.95. The Morgan fingerprint density at radius 3 is 2.56 bits per heavy atom. The minimum absolute atomic E-state index is 0.00869. The highest BCUT2D eigenvalue weighted by atomic mass is 19.2. The van der Waals surface area contributed by atoms with E-state index in [1.165, 1.54) is 9.58 Å². The predicted octanol–water partition coefficient (Wildman–Crippen LogP) is 2.91. The predicted molar refractivity (Wildman–Crippen MR) is 109 cm³/mol. The van der Waals surface area contributed by atoms with Crippen LogP contribution < -0.4 is 10.5 Å². The molecule has 2 aliphatic heterocycles. The number of nitrogens with zero attached hydrogens (tertiary/aromatic N) is 4. The van der Waals surface area contributed by atoms with Gasteiger partial charge in [-0.05, 0) is 6.07 Å². The maximum atomic E-state index is 14.2. The van der Waals surface area contributed by atoms with Gasteiger partial charge in [-0.3, -0.25) is 19.3 Å². The monoisotopic (exact) mass is 438 g/mol. The quantitative estimate of drug-likeness (QED) is 0.672. The number of anilines is 1. The van der Waals surface area contributed by atoms with Crippen LogP contribution in [0.15, 0.2) is 47.3 Å². The van der Waals surface area contributed by atoms with Crippen molar-refractivity contribution < 1.29 is 23.5 Å². The highest BCUT2D eigenvalue weighted by Crippen LogP contribution is 2.50. The topological polar surface area (TPSA) is 105 Å². The third-order valence-corrected chi connectivity index (χ3v) is 5.92. The number of carbonyl (C=O) groups is 2. The van der Waals surface area contributed by atoms with Gasteiger partial charge in [-0.15, -0.1) is 0 Å². The van der Waals surface area contributed by atoms with E-state index in [1.54, 1.807) is 30.3 Å². The molecule has 0 aliphatic carbocycles. The SMILES string of the molecule is O=C(O)CCC12CCC(=O)N1c1cc(F)c(F)cc1-c1nc(=O)c(-c3ccccc3)nn12. The molecule has 0 spiro atoms. The summed E-state index contributed by atoms with van der Waals surface area (Å²) in [6.07, 6.45) is -0.135. The van der Waals surface area contributed by atoms with Crippen molar-refractivity contribution in [2.75, 3.05) is 4.90 Å². The van der Waals surface area contributed by atoms with Gasteiger partial charge in [0.05, 0.1) is 5.69 Å². The average molecular weight is 438 g/mol. The molecule has 1 aromatic heterocycles. The summed E-state index contributed by atoms with van der Waals surface area (Å²) >= 11 is 0. The van der Waals surface area contributed by atoms with E-state index in [2.05, 4.69) is 10.1 Å². The van der Waals surface area contributed by atoms with Crippen molar-refractivity contribution in [2.24, 2.45) is 0 Å². The van der Waals surface area contributed by atoms with Crippen molar-refractivity contribution in [3.05, 3.63) is 64.5 Å². The van der Waals surface area contributed by atoms with Crippen molar-refractivity contribution >= 4 is 17.6 Å². The van der Waals surface area contributed by atoms with Gasteiger partial charge in [-0.25, -0.2) is 13.5 Å². The Balaban J connectivity index is 1.84. The first kappa shape index (κ1) is 20.0. The average Bonchev–Trinajstić information content (AvgIpc) is 3.11. The molecule has 2 aromatic carbocycles. The zero-order valence-corrected chi connectivity index (χ0v) is 16.6. The fourth-order valence-electron chi connectivity index (χ4n) is 4.50. The standard InChI is InChI=1S/C22H16F2N4O4/c23-14-10-13-16(11-15(14)24)27-17(29)6-8-22(27,9-7-18(30)31)28-20(13)25-21(32)19(26-28)12-4-2-1-3-5-12/h1-5,10-11H,6-9H2,(H,30,31). The van der Waals surface area contributed by atoms with Gasteiger partial charge in [0.15, 0.2) is 23.2 Å². The number of aromatic nitrogens is 3. The van der Waals surface area contributed by atoms with Crippen LogP contribution in [0, 0.1) is 11.6 Å². The van der Waals surface area contributed by atoms with Gasteiger partial charge in [-0.2, -0.15) is 10.1 Å². The number of aliphatic carboxylic acids is 1. The van der Waals surface area contributed by atoms with Crippen molar-refractivity contribution in [3.8, 4) is 22.6 Å². The summed E-state index contributed by atoms with van der Waals surface area (Å²) in [6, 6.07) is 10.3. The Hall–Kier alpha value is -3.95. The maximum Gasteiger partial charge on any atom is 0.303 e. The maximum absolute atomic E-state index is 14.2. The fraction of sp³-hybridized carbons (Fsp3) is 0.227. The van der Waals surface area contributed by atoms with E-state index in [1.807, 2.05) is 0 Å². The number of hydrogen-bond donors (Lipinski definition) is 1. The highest BCUT2D eigenvalue weighted by molar-refractivity contribution is 6.01. The van der Waals surface area contributed by atoms with Gasteiger partial charge >= 0.3 is 5.97 Å². The first-order valence-corrected chi connectivity index (χ1v) is 9.93. The molecule has 3 heterocycles. The molecule has 1 fully saturated rings. The number of hydrogen-bond acceptors (Lipinski definition) is 5. The fourth-order valence-corrected chi connectivity index (χ4v) is 4.50. The van der Waals surface area contributed by atoms with E-state index < -0.39 is 28.8 Å². The van der Waals surface area contributed by atoms with Crippen LogP contribution in [0.2, 0.25) is 0 Å². The lowest BCUT2D eigenvalue weighted by Gasteiger charge is -2.44. The molecule has 1 unspecified atom stereocenters. The summed E-state index contributed by atoms with van der Waals surface area (Å²) < 4.78 is 29.6. The van der Waals surface area contributed by atoms with E-state index in [0.29, 0.717) is 5.56 Å². The van der Waals surface area contributed by atoms with Crippen molar-refractivity contribution in [1.82, 2.24) is 14.8 Å². The number of fused-ring (bicyclic) bond motifs is 6. The van der Waals surface area contributed by atoms with Crippen LogP contribution in [0.4, 0.5) is 14.5 Å². The molecule has 0 radical (unpaired) electrons. The molecule has 0 saturated carbocycles. The molecule has 8 nitrogen and oxygen atoms in total. The summed E-state index contributed by atoms with van der Waals surface area (Å²) in [5.74, 6) is -3.84. The molecule has 2 aliphatic rings. The van der Waals surface area contributed by atoms with Crippen LogP contribution >= 0.6 is 0 Å². The molecule has 1 N–H and O–H groups in total. The largest absolute Gasteiger partial charge is 0.481 e. The van der Waals surface area contributed by atoms with Gasteiger partial charge in [-0.1, -0.05) is 30.3 Å². The Morgan fingerprint density at radius 2 is 1.84 bits per heavy atom. The first-order valence-electron chi connectivity index (χ1n) is 9.93. The van der Waals surface area contributed by atoms with Crippen LogP contribution in [-0.2, 0) is 15.3 Å². The van der Waals surface area contributed by atoms with Gasteiger partial charge in [0.1, 0.15) is 5.66 Å². The molecule has 32 heavy (non-hydrogen) atoms. The summed E-state index contributed by atoms with van der Waals surface area (Å²) in [7, 11) is 0. The summed E-state index contributed by atoms with van der Waals surface area (Å²) in [6.45, 7) is 0. The van der Waals surface area contributed by atoms with Crippen LogP contribution in [0.5, 0.6) is 0 Å². The number of rotatable bonds is 4. The zero-order valence-electron chi connectivity index (χ0n) is 16.6. The van der Waals surface area contributed by atoms with Gasteiger partial charge < -0.3 is 5.11 Å². The highest BCUT2D eigenvalue weighted by Gasteiger charge is 2.53. The Kier molecular flexibility index (Phi) is 4.40. The van der Waals surface area contributed by atoms with Gasteiger partial charge in [0.25, 0.3) is 5.56 Å². The van der Waals surface area contributed by atoms with E-state index in [9.17, 15) is 28.3 Å². The van der Waals surface area contributed by atoms with Crippen LogP contribution in [0.1, 0.15) is 25.7 Å². The minimum atomic E-state index is -1.31. The Morgan fingerprint density at radius 1 is 1.12 bits per heavy atom. The van der Waals surface area contributed by atoms with E-state index in [-0.39, 0.29) is 54.4 Å². The molecule has 1 amide bonds.